The second kappa shape index (κ2) is 14.2. The Hall–Kier alpha value is -3.07. The lowest BCUT2D eigenvalue weighted by Gasteiger charge is -2.10. The zero-order chi connectivity index (χ0) is 29.7. The number of sulfone groups is 2. The number of aryl methyl sites for hydroxylation is 1. The summed E-state index contributed by atoms with van der Waals surface area (Å²) in [5.41, 5.74) is 6.02. The van der Waals surface area contributed by atoms with E-state index in [1.807, 2.05) is 6.92 Å². The summed E-state index contributed by atoms with van der Waals surface area (Å²) in [6, 6.07) is 17.8. The molecule has 0 atom stereocenters. The van der Waals surface area contributed by atoms with Crippen LogP contribution < -0.4 is 5.73 Å². The van der Waals surface area contributed by atoms with Crippen molar-refractivity contribution in [1.82, 2.24) is 4.90 Å². The van der Waals surface area contributed by atoms with Gasteiger partial charge in [-0.3, -0.25) is 4.79 Å². The van der Waals surface area contributed by atoms with Crippen molar-refractivity contribution in [3.8, 4) is 0 Å². The fraction of sp³-hybridized carbons (Fsp3) is 0.185. The zero-order valence-electron chi connectivity index (χ0n) is 22.3. The van der Waals surface area contributed by atoms with E-state index in [9.17, 15) is 26.4 Å². The summed E-state index contributed by atoms with van der Waals surface area (Å²) in [6.45, 7) is 2.28. The molecule has 4 rings (SSSR count). The van der Waals surface area contributed by atoms with Crippen LogP contribution in [0.25, 0.3) is 0 Å². The molecule has 0 aliphatic rings. The standard InChI is InChI=1S/C14H16N2O3S2.C13H12O4S2.ClH/c1-16(2)14(17)10-3-6-12(7-4-10)21(18,19)13-8-5-11(9-15)20-13;1-2-10-5-8-12(18-10)19(16,17)11-6-3-9(4-7-11)13(14)15;/h3-8H,9,15H2,1-2H3;3-8H,2H2,1H3,(H,14,15);1H. The summed E-state index contributed by atoms with van der Waals surface area (Å²) in [6.07, 6.45) is 0.790. The Morgan fingerprint density at radius 1 is 0.732 bits per heavy atom. The molecule has 0 aliphatic heterocycles. The molecule has 0 bridgehead atoms. The summed E-state index contributed by atoms with van der Waals surface area (Å²) in [7, 11) is -3.81. The zero-order valence-corrected chi connectivity index (χ0v) is 26.4. The number of thiophene rings is 2. The Labute approximate surface area is 253 Å². The molecule has 0 saturated carbocycles. The lowest BCUT2D eigenvalue weighted by molar-refractivity contribution is 0.0696. The predicted octanol–water partition coefficient (Wildman–Crippen LogP) is 5.00. The average Bonchev–Trinajstić information content (AvgIpc) is 3.64. The number of amides is 1. The van der Waals surface area contributed by atoms with Gasteiger partial charge in [0.15, 0.2) is 0 Å². The van der Waals surface area contributed by atoms with E-state index >= 15 is 0 Å². The number of carbonyl (C=O) groups is 2. The van der Waals surface area contributed by atoms with Gasteiger partial charge in [0.05, 0.1) is 15.4 Å². The van der Waals surface area contributed by atoms with Crippen LogP contribution in [0.4, 0.5) is 0 Å². The molecular weight excluding hydrogens is 628 g/mol. The van der Waals surface area contributed by atoms with Gasteiger partial charge in [0.25, 0.3) is 5.91 Å². The smallest absolute Gasteiger partial charge is 0.335 e. The van der Waals surface area contributed by atoms with Crippen LogP contribution in [0.3, 0.4) is 0 Å². The quantitative estimate of drug-likeness (QED) is 0.269. The van der Waals surface area contributed by atoms with Crippen LogP contribution in [0, 0.1) is 0 Å². The van der Waals surface area contributed by atoms with Crippen molar-refractivity contribution in [3.05, 3.63) is 93.7 Å². The molecule has 3 N–H and O–H groups in total. The SMILES string of the molecule is CCc1ccc(S(=O)(=O)c2ccc(C(=O)O)cc2)s1.CN(C)C(=O)c1ccc(S(=O)(=O)c2ccc(CN)s2)cc1.Cl. The topological polar surface area (TPSA) is 152 Å². The van der Waals surface area contributed by atoms with Crippen LogP contribution in [0.5, 0.6) is 0 Å². The van der Waals surface area contributed by atoms with Crippen molar-refractivity contribution < 1.29 is 31.5 Å². The monoisotopic (exact) mass is 656 g/mol. The summed E-state index contributed by atoms with van der Waals surface area (Å²) in [5.74, 6) is -1.24. The van der Waals surface area contributed by atoms with E-state index in [1.54, 1.807) is 38.4 Å². The van der Waals surface area contributed by atoms with Gasteiger partial charge in [-0.25, -0.2) is 21.6 Å². The first-order chi connectivity index (χ1) is 18.8. The van der Waals surface area contributed by atoms with Crippen LogP contribution in [0.15, 0.2) is 91.0 Å². The lowest BCUT2D eigenvalue weighted by atomic mass is 10.2. The molecule has 0 fully saturated rings. The van der Waals surface area contributed by atoms with Crippen LogP contribution in [-0.2, 0) is 32.6 Å². The van der Waals surface area contributed by atoms with Crippen molar-refractivity contribution in [2.24, 2.45) is 5.73 Å². The molecule has 0 unspecified atom stereocenters. The van der Waals surface area contributed by atoms with E-state index in [4.69, 9.17) is 10.8 Å². The van der Waals surface area contributed by atoms with Crippen molar-refractivity contribution in [2.45, 2.75) is 38.1 Å². The van der Waals surface area contributed by atoms with Crippen molar-refractivity contribution in [2.75, 3.05) is 14.1 Å². The van der Waals surface area contributed by atoms with Crippen LogP contribution in [-0.4, -0.2) is 52.8 Å². The molecule has 0 saturated heterocycles. The number of nitrogens with two attached hydrogens (primary N) is 1. The average molecular weight is 657 g/mol. The maximum atomic E-state index is 12.5. The summed E-state index contributed by atoms with van der Waals surface area (Å²) in [4.78, 5) is 26.0. The lowest BCUT2D eigenvalue weighted by Crippen LogP contribution is -2.21. The molecule has 0 radical (unpaired) electrons. The second-order valence-electron chi connectivity index (χ2n) is 8.56. The van der Waals surface area contributed by atoms with Crippen molar-refractivity contribution >= 4 is 66.6 Å². The fourth-order valence-electron chi connectivity index (χ4n) is 3.35. The Balaban J connectivity index is 0.000000281. The number of nitrogens with zero attached hydrogens (tertiary/aromatic N) is 1. The largest absolute Gasteiger partial charge is 0.478 e. The molecule has 2 heterocycles. The highest BCUT2D eigenvalue weighted by Crippen LogP contribution is 2.29. The maximum absolute atomic E-state index is 12.5. The molecule has 2 aromatic heterocycles. The van der Waals surface area contributed by atoms with Gasteiger partial charge in [-0.15, -0.1) is 35.1 Å². The first kappa shape index (κ1) is 34.1. The fourth-order valence-corrected chi connectivity index (χ4v) is 8.68. The molecule has 4 aromatic rings. The molecule has 41 heavy (non-hydrogen) atoms. The molecular formula is C27H29ClN2O7S4. The molecule has 14 heteroatoms. The van der Waals surface area contributed by atoms with E-state index < -0.39 is 25.6 Å². The van der Waals surface area contributed by atoms with Crippen LogP contribution >= 0.6 is 35.1 Å². The van der Waals surface area contributed by atoms with E-state index in [2.05, 4.69) is 0 Å². The minimum Gasteiger partial charge on any atom is -0.478 e. The van der Waals surface area contributed by atoms with E-state index in [0.29, 0.717) is 12.1 Å². The first-order valence-corrected chi connectivity index (χ1v) is 16.4. The number of carboxylic acids is 1. The second-order valence-corrected chi connectivity index (χ2v) is 15.2. The van der Waals surface area contributed by atoms with Crippen molar-refractivity contribution in [3.63, 3.8) is 0 Å². The highest BCUT2D eigenvalue weighted by atomic mass is 35.5. The maximum Gasteiger partial charge on any atom is 0.335 e. The summed E-state index contributed by atoms with van der Waals surface area (Å²) in [5, 5.41) is 8.78. The third-order valence-corrected chi connectivity index (χ3v) is 12.4. The van der Waals surface area contributed by atoms with Gasteiger partial charge < -0.3 is 15.7 Å². The third-order valence-electron chi connectivity index (χ3n) is 5.58. The van der Waals surface area contributed by atoms with Gasteiger partial charge >= 0.3 is 5.97 Å². The predicted molar refractivity (Wildman–Crippen MR) is 162 cm³/mol. The molecule has 0 spiro atoms. The number of benzene rings is 2. The summed E-state index contributed by atoms with van der Waals surface area (Å²) >= 11 is 2.40. The number of halogens is 1. The van der Waals surface area contributed by atoms with E-state index in [1.165, 1.54) is 64.8 Å². The molecule has 1 amide bonds. The van der Waals surface area contributed by atoms with Gasteiger partial charge in [-0.1, -0.05) is 6.92 Å². The summed E-state index contributed by atoms with van der Waals surface area (Å²) < 4.78 is 50.1. The Bertz CT molecular complexity index is 1710. The minimum absolute atomic E-state index is 0. The normalized spacial score (nSPS) is 11.1. The van der Waals surface area contributed by atoms with Gasteiger partial charge in [0, 0.05) is 36.0 Å². The Morgan fingerprint density at radius 2 is 1.15 bits per heavy atom. The Morgan fingerprint density at radius 3 is 1.49 bits per heavy atom. The number of hydrogen-bond acceptors (Lipinski definition) is 9. The Kier molecular flexibility index (Phi) is 11.8. The van der Waals surface area contributed by atoms with Crippen LogP contribution in [0.2, 0.25) is 0 Å². The highest BCUT2D eigenvalue weighted by Gasteiger charge is 2.21. The van der Waals surface area contributed by atoms with Gasteiger partial charge in [0.2, 0.25) is 19.7 Å². The highest BCUT2D eigenvalue weighted by molar-refractivity contribution is 7.93. The molecule has 220 valence electrons. The van der Waals surface area contributed by atoms with E-state index in [0.717, 1.165) is 27.5 Å². The molecule has 9 nitrogen and oxygen atoms in total. The minimum atomic E-state index is -3.55. The molecule has 0 aliphatic carbocycles. The number of aromatic carboxylic acids is 1. The third kappa shape index (κ3) is 8.03. The number of carboxylic acid groups (broad SMARTS) is 1. The first-order valence-electron chi connectivity index (χ1n) is 11.8. The van der Waals surface area contributed by atoms with E-state index in [-0.39, 0.29) is 42.1 Å². The number of hydrogen-bond donors (Lipinski definition) is 2. The number of rotatable bonds is 8. The number of carbonyl (C=O) groups excluding carboxylic acids is 1. The van der Waals surface area contributed by atoms with Crippen molar-refractivity contribution in [1.29, 1.82) is 0 Å². The van der Waals surface area contributed by atoms with Gasteiger partial charge in [0.1, 0.15) is 8.42 Å². The molecule has 2 aromatic carbocycles. The van der Waals surface area contributed by atoms with Gasteiger partial charge in [-0.05, 0) is 79.2 Å². The van der Waals surface area contributed by atoms with Crippen LogP contribution in [0.1, 0.15) is 37.4 Å². The van der Waals surface area contributed by atoms with Gasteiger partial charge in [-0.2, -0.15) is 0 Å².